The van der Waals surface area contributed by atoms with Gasteiger partial charge in [-0.25, -0.2) is 4.68 Å². The Hall–Kier alpha value is -2.11. The highest BCUT2D eigenvalue weighted by Gasteiger charge is 2.29. The molecule has 4 rings (SSSR count). The van der Waals surface area contributed by atoms with E-state index in [1.54, 1.807) is 0 Å². The number of aromatic nitrogens is 4. The summed E-state index contributed by atoms with van der Waals surface area (Å²) in [4.78, 5) is 2.24. The fourth-order valence-electron chi connectivity index (χ4n) is 3.16. The minimum atomic E-state index is 0.205. The van der Waals surface area contributed by atoms with Gasteiger partial charge in [0.1, 0.15) is 11.9 Å². The van der Waals surface area contributed by atoms with Crippen molar-refractivity contribution in [3.05, 3.63) is 30.3 Å². The van der Waals surface area contributed by atoms with Gasteiger partial charge < -0.3 is 9.64 Å². The van der Waals surface area contributed by atoms with E-state index in [-0.39, 0.29) is 6.10 Å². The maximum absolute atomic E-state index is 6.04. The van der Waals surface area contributed by atoms with Gasteiger partial charge in [-0.15, -0.1) is 0 Å². The number of tetrazole rings is 1. The molecule has 0 unspecified atom stereocenters. The second-order valence-electron chi connectivity index (χ2n) is 6.25. The minimum Gasteiger partial charge on any atom is -0.489 e. The normalized spacial score (nSPS) is 21.8. The van der Waals surface area contributed by atoms with Crippen molar-refractivity contribution < 1.29 is 4.74 Å². The molecule has 2 fully saturated rings. The zero-order valence-electron chi connectivity index (χ0n) is 12.6. The molecule has 22 heavy (non-hydrogen) atoms. The van der Waals surface area contributed by atoms with Crippen molar-refractivity contribution in [2.45, 2.75) is 38.3 Å². The van der Waals surface area contributed by atoms with Crippen molar-refractivity contribution in [2.24, 2.45) is 5.92 Å². The Kier molecular flexibility index (Phi) is 3.66. The summed E-state index contributed by atoms with van der Waals surface area (Å²) in [5.74, 6) is 2.58. The summed E-state index contributed by atoms with van der Waals surface area (Å²) in [5, 5.41) is 12.3. The maximum atomic E-state index is 6.04. The van der Waals surface area contributed by atoms with Gasteiger partial charge in [0.2, 0.25) is 5.95 Å². The summed E-state index contributed by atoms with van der Waals surface area (Å²) in [5.41, 5.74) is 0. The van der Waals surface area contributed by atoms with E-state index >= 15 is 0 Å². The molecule has 2 aromatic rings. The molecule has 2 heterocycles. The first kappa shape index (κ1) is 13.5. The summed E-state index contributed by atoms with van der Waals surface area (Å²) < 4.78 is 8.00. The summed E-state index contributed by atoms with van der Waals surface area (Å²) >= 11 is 0. The number of nitrogens with zero attached hydrogens (tertiary/aromatic N) is 5. The lowest BCUT2D eigenvalue weighted by molar-refractivity contribution is 0.224. The van der Waals surface area contributed by atoms with Gasteiger partial charge in [0.15, 0.2) is 0 Å². The van der Waals surface area contributed by atoms with Crippen LogP contribution in [0.15, 0.2) is 30.3 Å². The molecule has 0 radical (unpaired) electrons. The fourth-order valence-corrected chi connectivity index (χ4v) is 3.16. The molecule has 0 bridgehead atoms. The van der Waals surface area contributed by atoms with Crippen molar-refractivity contribution >= 4 is 5.95 Å². The number of hydrogen-bond acceptors (Lipinski definition) is 5. The van der Waals surface area contributed by atoms with Crippen LogP contribution >= 0.6 is 0 Å². The predicted molar refractivity (Wildman–Crippen MR) is 82.8 cm³/mol. The van der Waals surface area contributed by atoms with Crippen LogP contribution in [0.1, 0.15) is 25.7 Å². The van der Waals surface area contributed by atoms with Gasteiger partial charge in [0.05, 0.1) is 6.54 Å². The number of ether oxygens (including phenoxy) is 1. The molecule has 1 saturated heterocycles. The summed E-state index contributed by atoms with van der Waals surface area (Å²) in [6, 6.07) is 10.0. The summed E-state index contributed by atoms with van der Waals surface area (Å²) in [6.45, 7) is 2.74. The SMILES string of the molecule is c1ccc(O[C@@H]2CCN(c3nnnn3CC3CCC3)C2)cc1. The monoisotopic (exact) mass is 299 g/mol. The van der Waals surface area contributed by atoms with Crippen molar-refractivity contribution in [2.75, 3.05) is 18.0 Å². The zero-order valence-corrected chi connectivity index (χ0v) is 12.6. The Labute approximate surface area is 130 Å². The molecular weight excluding hydrogens is 278 g/mol. The Balaban J connectivity index is 1.39. The molecular formula is C16H21N5O. The number of rotatable bonds is 5. The lowest BCUT2D eigenvalue weighted by atomic mass is 9.85. The van der Waals surface area contributed by atoms with E-state index in [1.165, 1.54) is 19.3 Å². The molecule has 0 N–H and O–H groups in total. The maximum Gasteiger partial charge on any atom is 0.245 e. The average Bonchev–Trinajstić information content (AvgIpc) is 3.12. The Morgan fingerprint density at radius 1 is 1.14 bits per heavy atom. The lowest BCUT2D eigenvalue weighted by Gasteiger charge is -2.26. The number of anilines is 1. The third kappa shape index (κ3) is 2.77. The second-order valence-corrected chi connectivity index (χ2v) is 6.25. The largest absolute Gasteiger partial charge is 0.489 e. The first-order chi connectivity index (χ1) is 10.9. The molecule has 1 atom stereocenters. The standard InChI is InChI=1S/C16H21N5O/c1-2-7-14(8-3-1)22-15-9-10-20(12-15)16-17-18-19-21(16)11-13-5-4-6-13/h1-3,7-8,13,15H,4-6,9-12H2/t15-/m1/s1. The highest BCUT2D eigenvalue weighted by atomic mass is 16.5. The number of para-hydroxylation sites is 1. The van der Waals surface area contributed by atoms with Gasteiger partial charge in [-0.3, -0.25) is 0 Å². The summed E-state index contributed by atoms with van der Waals surface area (Å²) in [6.07, 6.45) is 5.17. The smallest absolute Gasteiger partial charge is 0.245 e. The topological polar surface area (TPSA) is 56.1 Å². The molecule has 0 spiro atoms. The third-order valence-electron chi connectivity index (χ3n) is 4.64. The van der Waals surface area contributed by atoms with E-state index in [0.29, 0.717) is 0 Å². The number of benzene rings is 1. The van der Waals surface area contributed by atoms with E-state index in [2.05, 4.69) is 20.4 Å². The highest BCUT2D eigenvalue weighted by molar-refractivity contribution is 5.31. The van der Waals surface area contributed by atoms with Crippen molar-refractivity contribution in [1.29, 1.82) is 0 Å². The van der Waals surface area contributed by atoms with Crippen LogP contribution in [-0.2, 0) is 6.54 Å². The van der Waals surface area contributed by atoms with Crippen LogP contribution in [0.2, 0.25) is 0 Å². The van der Waals surface area contributed by atoms with E-state index in [1.807, 2.05) is 35.0 Å². The van der Waals surface area contributed by atoms with Gasteiger partial charge in [-0.05, 0) is 41.3 Å². The predicted octanol–water partition coefficient (Wildman–Crippen LogP) is 2.13. The van der Waals surface area contributed by atoms with Crippen LogP contribution < -0.4 is 9.64 Å². The first-order valence-corrected chi connectivity index (χ1v) is 8.11. The molecule has 2 aliphatic rings. The van der Waals surface area contributed by atoms with Gasteiger partial charge in [0.25, 0.3) is 0 Å². The fraction of sp³-hybridized carbons (Fsp3) is 0.562. The molecule has 1 aliphatic carbocycles. The van der Waals surface area contributed by atoms with Crippen LogP contribution in [0.25, 0.3) is 0 Å². The molecule has 6 nitrogen and oxygen atoms in total. The quantitative estimate of drug-likeness (QED) is 0.846. The van der Waals surface area contributed by atoms with Crippen molar-refractivity contribution in [1.82, 2.24) is 20.2 Å². The average molecular weight is 299 g/mol. The van der Waals surface area contributed by atoms with Crippen LogP contribution in [-0.4, -0.2) is 39.4 Å². The van der Waals surface area contributed by atoms with Crippen molar-refractivity contribution in [3.63, 3.8) is 0 Å². The van der Waals surface area contributed by atoms with Crippen LogP contribution in [0.3, 0.4) is 0 Å². The Morgan fingerprint density at radius 3 is 2.77 bits per heavy atom. The molecule has 0 amide bonds. The molecule has 6 heteroatoms. The minimum absolute atomic E-state index is 0.205. The molecule has 1 aromatic carbocycles. The Bertz CT molecular complexity index is 610. The van der Waals surface area contributed by atoms with E-state index in [9.17, 15) is 0 Å². The molecule has 1 aromatic heterocycles. The van der Waals surface area contributed by atoms with E-state index in [4.69, 9.17) is 4.74 Å². The van der Waals surface area contributed by atoms with Crippen LogP contribution in [0.4, 0.5) is 5.95 Å². The highest BCUT2D eigenvalue weighted by Crippen LogP contribution is 2.29. The van der Waals surface area contributed by atoms with Gasteiger partial charge in [-0.2, -0.15) is 0 Å². The van der Waals surface area contributed by atoms with Crippen LogP contribution in [0, 0.1) is 5.92 Å². The lowest BCUT2D eigenvalue weighted by Crippen LogP contribution is -2.29. The molecule has 116 valence electrons. The molecule has 1 aliphatic heterocycles. The number of hydrogen-bond donors (Lipinski definition) is 0. The first-order valence-electron chi connectivity index (χ1n) is 8.11. The third-order valence-corrected chi connectivity index (χ3v) is 4.64. The Morgan fingerprint density at radius 2 is 2.00 bits per heavy atom. The van der Waals surface area contributed by atoms with Gasteiger partial charge >= 0.3 is 0 Å². The second kappa shape index (κ2) is 5.94. The zero-order chi connectivity index (χ0) is 14.8. The van der Waals surface area contributed by atoms with Gasteiger partial charge in [-0.1, -0.05) is 29.7 Å². The van der Waals surface area contributed by atoms with E-state index in [0.717, 1.165) is 43.7 Å². The van der Waals surface area contributed by atoms with E-state index < -0.39 is 0 Å². The van der Waals surface area contributed by atoms with Crippen molar-refractivity contribution in [3.8, 4) is 5.75 Å². The van der Waals surface area contributed by atoms with Gasteiger partial charge in [0, 0.05) is 19.5 Å². The molecule has 1 saturated carbocycles. The summed E-state index contributed by atoms with van der Waals surface area (Å²) in [7, 11) is 0. The van der Waals surface area contributed by atoms with Crippen LogP contribution in [0.5, 0.6) is 5.75 Å².